The van der Waals surface area contributed by atoms with E-state index in [9.17, 15) is 14.6 Å². The quantitative estimate of drug-likeness (QED) is 0.723. The van der Waals surface area contributed by atoms with Gasteiger partial charge in [0.15, 0.2) is 0 Å². The Morgan fingerprint density at radius 1 is 1.50 bits per heavy atom. The molecule has 0 amide bonds. The maximum absolute atomic E-state index is 13.2. The van der Waals surface area contributed by atoms with E-state index in [0.717, 1.165) is 12.1 Å². The topological polar surface area (TPSA) is 66.5 Å². The van der Waals surface area contributed by atoms with E-state index in [2.05, 4.69) is 0 Å². The Kier molecular flexibility index (Phi) is 3.69. The van der Waals surface area contributed by atoms with Crippen LogP contribution in [0.25, 0.3) is 0 Å². The molecule has 0 aromatic heterocycles. The van der Waals surface area contributed by atoms with Gasteiger partial charge in [0.05, 0.1) is 11.1 Å². The van der Waals surface area contributed by atoms with E-state index in [1.807, 2.05) is 0 Å². The highest BCUT2D eigenvalue weighted by Crippen LogP contribution is 2.34. The van der Waals surface area contributed by atoms with Gasteiger partial charge in [-0.1, -0.05) is 11.6 Å². The van der Waals surface area contributed by atoms with Crippen molar-refractivity contribution < 1.29 is 14.6 Å². The van der Waals surface area contributed by atoms with Crippen molar-refractivity contribution in [2.24, 2.45) is 5.73 Å². The summed E-state index contributed by atoms with van der Waals surface area (Å²) >= 11 is 5.64. The van der Waals surface area contributed by atoms with Crippen molar-refractivity contribution >= 4 is 11.6 Å². The molecule has 1 aromatic carbocycles. The molecule has 1 rings (SSSR count). The average Bonchev–Trinajstić information content (AvgIpc) is 2.13. The average molecular weight is 220 g/mol. The molecule has 0 heterocycles. The van der Waals surface area contributed by atoms with Gasteiger partial charge in [0.2, 0.25) is 0 Å². The molecule has 0 aliphatic rings. The first-order valence-corrected chi connectivity index (χ1v) is 4.50. The first kappa shape index (κ1) is 11.2. The number of phenols is 1. The minimum atomic E-state index is -1.08. The molecule has 0 spiro atoms. The number of phenolic OH excluding ortho intramolecular Hbond substituents is 1. The lowest BCUT2D eigenvalue weighted by Gasteiger charge is -2.13. The van der Waals surface area contributed by atoms with E-state index < -0.39 is 11.9 Å². The maximum atomic E-state index is 13.2. The second-order valence-corrected chi connectivity index (χ2v) is 3.27. The zero-order chi connectivity index (χ0) is 10.7. The number of hydrogen-bond acceptors (Lipinski definition) is 3. The fourth-order valence-corrected chi connectivity index (χ4v) is 1.44. The third-order valence-corrected chi connectivity index (χ3v) is 2.28. The van der Waals surface area contributed by atoms with E-state index in [4.69, 9.17) is 17.3 Å². The number of benzene rings is 1. The number of rotatable bonds is 3. The van der Waals surface area contributed by atoms with Gasteiger partial charge in [0.25, 0.3) is 0 Å². The number of aliphatic hydroxyl groups is 1. The highest BCUT2D eigenvalue weighted by molar-refractivity contribution is 6.32. The van der Waals surface area contributed by atoms with Crippen molar-refractivity contribution in [1.29, 1.82) is 0 Å². The van der Waals surface area contributed by atoms with Gasteiger partial charge in [-0.2, -0.15) is 0 Å². The van der Waals surface area contributed by atoms with Gasteiger partial charge in [0, 0.05) is 5.56 Å². The van der Waals surface area contributed by atoms with Crippen LogP contribution in [0.1, 0.15) is 18.1 Å². The largest absolute Gasteiger partial charge is 0.506 e. The molecule has 0 saturated carbocycles. The fourth-order valence-electron chi connectivity index (χ4n) is 1.17. The Hall–Kier alpha value is -0.840. The number of aliphatic hydroxyl groups excluding tert-OH is 1. The second-order valence-electron chi connectivity index (χ2n) is 2.89. The van der Waals surface area contributed by atoms with E-state index in [-0.39, 0.29) is 29.3 Å². The van der Waals surface area contributed by atoms with Crippen LogP contribution in [0.3, 0.4) is 0 Å². The SMILES string of the molecule is NCCC(O)c1c(F)ccc(O)c1Cl. The van der Waals surface area contributed by atoms with Crippen molar-refractivity contribution in [3.05, 3.63) is 28.5 Å². The Morgan fingerprint density at radius 3 is 2.71 bits per heavy atom. The first-order chi connectivity index (χ1) is 6.57. The summed E-state index contributed by atoms with van der Waals surface area (Å²) in [5.74, 6) is -0.895. The molecule has 0 radical (unpaired) electrons. The van der Waals surface area contributed by atoms with Crippen molar-refractivity contribution in [3.63, 3.8) is 0 Å². The fraction of sp³-hybridized carbons (Fsp3) is 0.333. The normalized spacial score (nSPS) is 12.9. The lowest BCUT2D eigenvalue weighted by Crippen LogP contribution is -2.08. The summed E-state index contributed by atoms with van der Waals surface area (Å²) in [5.41, 5.74) is 5.12. The zero-order valence-corrected chi connectivity index (χ0v) is 8.13. The molecule has 1 aromatic rings. The van der Waals surface area contributed by atoms with Crippen LogP contribution in [0.2, 0.25) is 5.02 Å². The summed E-state index contributed by atoms with van der Waals surface area (Å²) in [6, 6.07) is 2.19. The number of halogens is 2. The molecule has 0 saturated heterocycles. The van der Waals surface area contributed by atoms with Crippen LogP contribution in [0.15, 0.2) is 12.1 Å². The molecular formula is C9H11ClFNO2. The van der Waals surface area contributed by atoms with Gasteiger partial charge in [-0.05, 0) is 25.1 Å². The molecule has 5 heteroatoms. The number of hydrogen-bond donors (Lipinski definition) is 3. The van der Waals surface area contributed by atoms with E-state index >= 15 is 0 Å². The summed E-state index contributed by atoms with van der Waals surface area (Å²) in [6.07, 6.45) is -0.889. The predicted molar refractivity (Wildman–Crippen MR) is 51.7 cm³/mol. The van der Waals surface area contributed by atoms with Crippen LogP contribution >= 0.6 is 11.6 Å². The summed E-state index contributed by atoms with van der Waals surface area (Å²) in [4.78, 5) is 0. The van der Waals surface area contributed by atoms with Gasteiger partial charge in [-0.25, -0.2) is 4.39 Å². The molecule has 1 unspecified atom stereocenters. The van der Waals surface area contributed by atoms with Crippen LogP contribution < -0.4 is 5.73 Å². The Bertz CT molecular complexity index is 333. The second kappa shape index (κ2) is 4.59. The van der Waals surface area contributed by atoms with Gasteiger partial charge in [-0.15, -0.1) is 0 Å². The zero-order valence-electron chi connectivity index (χ0n) is 7.37. The summed E-state index contributed by atoms with van der Waals surface area (Å²) < 4.78 is 13.2. The van der Waals surface area contributed by atoms with E-state index in [0.29, 0.717) is 0 Å². The monoisotopic (exact) mass is 219 g/mol. The third kappa shape index (κ3) is 2.15. The third-order valence-electron chi connectivity index (χ3n) is 1.88. The molecule has 0 aliphatic heterocycles. The van der Waals surface area contributed by atoms with Crippen LogP contribution in [-0.4, -0.2) is 16.8 Å². The minimum absolute atomic E-state index is 0.0999. The van der Waals surface area contributed by atoms with Gasteiger partial charge < -0.3 is 15.9 Å². The molecule has 0 aliphatic carbocycles. The standard InChI is InChI=1S/C9H11ClFNO2/c10-9-7(14)2-1-5(11)8(9)6(13)3-4-12/h1-2,6,13-14H,3-4,12H2. The lowest BCUT2D eigenvalue weighted by atomic mass is 10.1. The van der Waals surface area contributed by atoms with Gasteiger partial charge in [0.1, 0.15) is 11.6 Å². The van der Waals surface area contributed by atoms with Crippen LogP contribution in [0.5, 0.6) is 5.75 Å². The Labute approximate surface area is 85.9 Å². The summed E-state index contributed by atoms with van der Waals surface area (Å²) in [5, 5.41) is 18.5. The van der Waals surface area contributed by atoms with Gasteiger partial charge >= 0.3 is 0 Å². The molecule has 4 N–H and O–H groups in total. The molecule has 1 atom stereocenters. The predicted octanol–water partition coefficient (Wildman–Crippen LogP) is 1.57. The van der Waals surface area contributed by atoms with E-state index in [1.165, 1.54) is 0 Å². The molecular weight excluding hydrogens is 209 g/mol. The van der Waals surface area contributed by atoms with Crippen LogP contribution in [-0.2, 0) is 0 Å². The molecule has 14 heavy (non-hydrogen) atoms. The van der Waals surface area contributed by atoms with Gasteiger partial charge in [-0.3, -0.25) is 0 Å². The molecule has 78 valence electrons. The highest BCUT2D eigenvalue weighted by Gasteiger charge is 2.18. The maximum Gasteiger partial charge on any atom is 0.134 e. The van der Waals surface area contributed by atoms with E-state index in [1.54, 1.807) is 0 Å². The van der Waals surface area contributed by atoms with Crippen molar-refractivity contribution in [2.45, 2.75) is 12.5 Å². The Morgan fingerprint density at radius 2 is 2.14 bits per heavy atom. The van der Waals surface area contributed by atoms with Crippen LogP contribution in [0.4, 0.5) is 4.39 Å². The molecule has 0 fully saturated rings. The first-order valence-electron chi connectivity index (χ1n) is 4.13. The Balaban J connectivity index is 3.11. The van der Waals surface area contributed by atoms with Crippen molar-refractivity contribution in [1.82, 2.24) is 0 Å². The summed E-state index contributed by atoms with van der Waals surface area (Å²) in [6.45, 7) is 0.215. The number of aromatic hydroxyl groups is 1. The molecule has 0 bridgehead atoms. The highest BCUT2D eigenvalue weighted by atomic mass is 35.5. The molecule has 3 nitrogen and oxygen atoms in total. The summed E-state index contributed by atoms with van der Waals surface area (Å²) in [7, 11) is 0. The lowest BCUT2D eigenvalue weighted by molar-refractivity contribution is 0.165. The number of nitrogens with two attached hydrogens (primary N) is 1. The van der Waals surface area contributed by atoms with Crippen LogP contribution in [0, 0.1) is 5.82 Å². The van der Waals surface area contributed by atoms with Crippen molar-refractivity contribution in [3.8, 4) is 5.75 Å². The van der Waals surface area contributed by atoms with Crippen molar-refractivity contribution in [2.75, 3.05) is 6.54 Å². The smallest absolute Gasteiger partial charge is 0.134 e. The minimum Gasteiger partial charge on any atom is -0.506 e.